The van der Waals surface area contributed by atoms with Crippen LogP contribution in [-0.4, -0.2) is 30.8 Å². The van der Waals surface area contributed by atoms with Gasteiger partial charge in [0.15, 0.2) is 0 Å². The number of hydrogen-bond donors (Lipinski definition) is 3. The van der Waals surface area contributed by atoms with Crippen LogP contribution in [0.3, 0.4) is 0 Å². The van der Waals surface area contributed by atoms with Gasteiger partial charge >= 0.3 is 0 Å². The van der Waals surface area contributed by atoms with Crippen molar-refractivity contribution in [1.29, 1.82) is 0 Å². The topological polar surface area (TPSA) is 58.3 Å². The summed E-state index contributed by atoms with van der Waals surface area (Å²) in [7, 11) is 0. The zero-order valence-electron chi connectivity index (χ0n) is 10.3. The molecule has 3 nitrogen and oxygen atoms in total. The molecule has 0 fully saturated rings. The predicted octanol–water partition coefficient (Wildman–Crippen LogP) is 1.30. The van der Waals surface area contributed by atoms with Crippen molar-refractivity contribution < 1.29 is 5.11 Å². The summed E-state index contributed by atoms with van der Waals surface area (Å²) in [6.07, 6.45) is 0.716. The number of aliphatic hydroxyl groups excluding tert-OH is 1. The maximum atomic E-state index is 8.90. The minimum Gasteiger partial charge on any atom is -0.390 e. The number of hydrogen-bond acceptors (Lipinski definition) is 3. The molecule has 0 saturated carbocycles. The molecule has 1 aromatic carbocycles. The Labute approximate surface area is 98.7 Å². The lowest BCUT2D eigenvalue weighted by atomic mass is 10.2. The largest absolute Gasteiger partial charge is 0.390 e. The molecule has 1 aromatic rings. The van der Waals surface area contributed by atoms with Crippen LogP contribution in [0.1, 0.15) is 18.9 Å². The number of aliphatic hydroxyl groups is 1. The van der Waals surface area contributed by atoms with Gasteiger partial charge < -0.3 is 16.2 Å². The first-order chi connectivity index (χ1) is 7.70. The first-order valence-corrected chi connectivity index (χ1v) is 5.81. The zero-order chi connectivity index (χ0) is 12.2. The average molecular weight is 224 g/mol. The highest BCUT2D eigenvalue weighted by Crippen LogP contribution is 1.92. The summed E-state index contributed by atoms with van der Waals surface area (Å²) in [4.78, 5) is 0. The van der Waals surface area contributed by atoms with Crippen LogP contribution in [0, 0.1) is 6.92 Å². The van der Waals surface area contributed by atoms with Gasteiger partial charge in [0, 0.05) is 13.1 Å². The van der Waals surface area contributed by atoms with E-state index in [4.69, 9.17) is 10.8 Å². The quantitative estimate of drug-likeness (QED) is 0.661. The monoisotopic (exact) mass is 224 g/mol. The molecule has 3 heteroatoms. The SMILES string of the molecule is CCCNCC(O)CN.Cc1ccccc1. The van der Waals surface area contributed by atoms with Crippen molar-refractivity contribution >= 4 is 0 Å². The van der Waals surface area contributed by atoms with Crippen molar-refractivity contribution in [3.05, 3.63) is 35.9 Å². The normalized spacial score (nSPS) is 11.5. The van der Waals surface area contributed by atoms with E-state index in [1.54, 1.807) is 0 Å². The van der Waals surface area contributed by atoms with E-state index in [0.29, 0.717) is 13.1 Å². The maximum absolute atomic E-state index is 8.90. The molecule has 0 aliphatic heterocycles. The van der Waals surface area contributed by atoms with E-state index >= 15 is 0 Å². The Balaban J connectivity index is 0.000000288. The van der Waals surface area contributed by atoms with Gasteiger partial charge in [-0.25, -0.2) is 0 Å². The second-order valence-corrected chi connectivity index (χ2v) is 3.75. The Hall–Kier alpha value is -0.900. The van der Waals surface area contributed by atoms with Gasteiger partial charge in [0.1, 0.15) is 0 Å². The first kappa shape index (κ1) is 15.1. The van der Waals surface area contributed by atoms with Crippen molar-refractivity contribution in [3.8, 4) is 0 Å². The highest BCUT2D eigenvalue weighted by atomic mass is 16.3. The number of rotatable bonds is 5. The Morgan fingerprint density at radius 3 is 2.31 bits per heavy atom. The lowest BCUT2D eigenvalue weighted by molar-refractivity contribution is 0.180. The third kappa shape index (κ3) is 9.65. The molecule has 1 rings (SSSR count). The lowest BCUT2D eigenvalue weighted by Crippen LogP contribution is -2.32. The Bertz CT molecular complexity index is 239. The fourth-order valence-corrected chi connectivity index (χ4v) is 1.06. The van der Waals surface area contributed by atoms with Crippen molar-refractivity contribution in [2.24, 2.45) is 5.73 Å². The van der Waals surface area contributed by atoms with Crippen LogP contribution < -0.4 is 11.1 Å². The lowest BCUT2D eigenvalue weighted by Gasteiger charge is -2.07. The van der Waals surface area contributed by atoms with Crippen LogP contribution in [0.2, 0.25) is 0 Å². The maximum Gasteiger partial charge on any atom is 0.0786 e. The number of aryl methyl sites for hydroxylation is 1. The van der Waals surface area contributed by atoms with Gasteiger partial charge in [-0.05, 0) is 19.9 Å². The molecule has 0 heterocycles. The summed E-state index contributed by atoms with van der Waals surface area (Å²) in [6.45, 7) is 6.08. The molecule has 0 spiro atoms. The predicted molar refractivity (Wildman–Crippen MR) is 69.4 cm³/mol. The average Bonchev–Trinajstić information content (AvgIpc) is 2.31. The molecule has 4 N–H and O–H groups in total. The molecule has 92 valence electrons. The van der Waals surface area contributed by atoms with Gasteiger partial charge in [0.25, 0.3) is 0 Å². The summed E-state index contributed by atoms with van der Waals surface area (Å²) < 4.78 is 0. The molecule has 1 atom stereocenters. The molecule has 0 saturated heterocycles. The Kier molecular flexibility index (Phi) is 10.0. The fraction of sp³-hybridized carbons (Fsp3) is 0.538. The third-order valence-electron chi connectivity index (χ3n) is 2.02. The molecule has 0 bridgehead atoms. The summed E-state index contributed by atoms with van der Waals surface area (Å²) in [5.41, 5.74) is 6.49. The molecular weight excluding hydrogens is 200 g/mol. The highest BCUT2D eigenvalue weighted by Gasteiger charge is 1.96. The fourth-order valence-electron chi connectivity index (χ4n) is 1.06. The van der Waals surface area contributed by atoms with Crippen LogP contribution in [0.15, 0.2) is 30.3 Å². The second kappa shape index (κ2) is 10.6. The van der Waals surface area contributed by atoms with Gasteiger partial charge in [0.05, 0.1) is 6.10 Å². The number of nitrogens with one attached hydrogen (secondary N) is 1. The standard InChI is InChI=1S/C7H8.C6H16N2O/c1-7-5-3-2-4-6-7;1-2-3-8-5-6(9)4-7/h2-6H,1H3;6,8-9H,2-5,7H2,1H3. The zero-order valence-corrected chi connectivity index (χ0v) is 10.3. The van der Waals surface area contributed by atoms with Crippen LogP contribution in [0.5, 0.6) is 0 Å². The van der Waals surface area contributed by atoms with Gasteiger partial charge in [-0.1, -0.05) is 42.8 Å². The summed E-state index contributed by atoms with van der Waals surface area (Å²) in [6, 6.07) is 10.3. The molecule has 1 unspecified atom stereocenters. The van der Waals surface area contributed by atoms with Crippen molar-refractivity contribution in [2.45, 2.75) is 26.4 Å². The number of benzene rings is 1. The molecule has 0 amide bonds. The van der Waals surface area contributed by atoms with E-state index in [9.17, 15) is 0 Å². The van der Waals surface area contributed by atoms with E-state index in [2.05, 4.69) is 31.3 Å². The molecular formula is C13H24N2O. The van der Waals surface area contributed by atoms with E-state index in [1.165, 1.54) is 5.56 Å². The van der Waals surface area contributed by atoms with E-state index in [0.717, 1.165) is 13.0 Å². The minimum absolute atomic E-state index is 0.344. The van der Waals surface area contributed by atoms with Crippen molar-refractivity contribution in [3.63, 3.8) is 0 Å². The molecule has 0 aliphatic rings. The second-order valence-electron chi connectivity index (χ2n) is 3.75. The number of nitrogens with two attached hydrogens (primary N) is 1. The van der Waals surface area contributed by atoms with E-state index in [-0.39, 0.29) is 6.10 Å². The van der Waals surface area contributed by atoms with Crippen molar-refractivity contribution in [1.82, 2.24) is 5.32 Å². The van der Waals surface area contributed by atoms with Gasteiger partial charge in [-0.2, -0.15) is 0 Å². The summed E-state index contributed by atoms with van der Waals surface area (Å²) in [5.74, 6) is 0. The molecule has 0 radical (unpaired) electrons. The van der Waals surface area contributed by atoms with Crippen LogP contribution in [-0.2, 0) is 0 Å². The Morgan fingerprint density at radius 2 is 1.94 bits per heavy atom. The minimum atomic E-state index is -0.378. The van der Waals surface area contributed by atoms with Crippen LogP contribution in [0.4, 0.5) is 0 Å². The highest BCUT2D eigenvalue weighted by molar-refractivity contribution is 5.11. The molecule has 16 heavy (non-hydrogen) atoms. The summed E-state index contributed by atoms with van der Waals surface area (Å²) >= 11 is 0. The first-order valence-electron chi connectivity index (χ1n) is 5.81. The van der Waals surface area contributed by atoms with E-state index in [1.807, 2.05) is 18.2 Å². The van der Waals surface area contributed by atoms with Crippen molar-refractivity contribution in [2.75, 3.05) is 19.6 Å². The smallest absolute Gasteiger partial charge is 0.0786 e. The van der Waals surface area contributed by atoms with E-state index < -0.39 is 0 Å². The van der Waals surface area contributed by atoms with Gasteiger partial charge in [0.2, 0.25) is 0 Å². The Morgan fingerprint density at radius 1 is 1.31 bits per heavy atom. The summed E-state index contributed by atoms with van der Waals surface area (Å²) in [5, 5.41) is 12.0. The van der Waals surface area contributed by atoms with Gasteiger partial charge in [-0.15, -0.1) is 0 Å². The molecule has 0 aliphatic carbocycles. The van der Waals surface area contributed by atoms with Gasteiger partial charge in [-0.3, -0.25) is 0 Å². The molecule has 0 aromatic heterocycles. The van der Waals surface area contributed by atoms with Crippen LogP contribution in [0.25, 0.3) is 0 Å². The van der Waals surface area contributed by atoms with Crippen LogP contribution >= 0.6 is 0 Å². The third-order valence-corrected chi connectivity index (χ3v) is 2.02.